The van der Waals surface area contributed by atoms with Crippen LogP contribution in [-0.4, -0.2) is 115 Å². The second-order valence-electron chi connectivity index (χ2n) is 12.7. The number of ether oxygens (including phenoxy) is 1. The van der Waals surface area contributed by atoms with E-state index in [9.17, 15) is 34.2 Å². The first-order valence-corrected chi connectivity index (χ1v) is 14.8. The van der Waals surface area contributed by atoms with Crippen LogP contribution in [0.1, 0.15) is 48.7 Å². The monoisotopic (exact) mass is 600 g/mol. The molecule has 236 valence electrons. The fraction of sp³-hybridized carbons (Fsp3) is 0.645. The van der Waals surface area contributed by atoms with Crippen LogP contribution in [0.15, 0.2) is 6.07 Å². The van der Waals surface area contributed by atoms with Gasteiger partial charge in [-0.2, -0.15) is 0 Å². The van der Waals surface area contributed by atoms with Crippen molar-refractivity contribution in [3.63, 3.8) is 0 Å². The van der Waals surface area contributed by atoms with Gasteiger partial charge in [-0.1, -0.05) is 6.92 Å². The predicted molar refractivity (Wildman–Crippen MR) is 158 cm³/mol. The molecule has 0 bridgehead atoms. The molecule has 1 aromatic rings. The van der Waals surface area contributed by atoms with E-state index in [-0.39, 0.29) is 30.3 Å². The van der Waals surface area contributed by atoms with E-state index in [0.29, 0.717) is 25.3 Å². The van der Waals surface area contributed by atoms with Gasteiger partial charge in [0.2, 0.25) is 5.91 Å². The number of primary amides is 1. The summed E-state index contributed by atoms with van der Waals surface area (Å²) in [6, 6.07) is 0.402. The Hall–Kier alpha value is -3.19. The molecule has 12 heteroatoms. The molecule has 0 heterocycles. The smallest absolute Gasteiger partial charge is 0.235 e. The largest absolute Gasteiger partial charge is 0.507 e. The minimum atomic E-state index is -2.74. The van der Waals surface area contributed by atoms with Gasteiger partial charge in [-0.15, -0.1) is 0 Å². The molecular weight excluding hydrogens is 556 g/mol. The maximum absolute atomic E-state index is 14.1. The number of amides is 1. The molecule has 3 aliphatic carbocycles. The number of ketones is 4. The zero-order valence-electron chi connectivity index (χ0n) is 26.0. The Labute approximate surface area is 252 Å². The highest BCUT2D eigenvalue weighted by Gasteiger charge is 2.69. The molecule has 0 aliphatic heterocycles. The Morgan fingerprint density at radius 1 is 1.14 bits per heavy atom. The minimum absolute atomic E-state index is 0.00904. The lowest BCUT2D eigenvalue weighted by Gasteiger charge is -2.52. The normalized spacial score (nSPS) is 28.8. The van der Waals surface area contributed by atoms with Gasteiger partial charge in [0.05, 0.1) is 30.2 Å². The molecule has 12 nitrogen and oxygen atoms in total. The number of carbonyl (C=O) groups excluding carboxylic acids is 5. The van der Waals surface area contributed by atoms with Crippen molar-refractivity contribution >= 4 is 34.7 Å². The average Bonchev–Trinajstić information content (AvgIpc) is 2.89. The van der Waals surface area contributed by atoms with Crippen LogP contribution in [0.5, 0.6) is 5.75 Å². The predicted octanol–water partition coefficient (Wildman–Crippen LogP) is 0.180. The van der Waals surface area contributed by atoms with Crippen LogP contribution >= 0.6 is 0 Å². The Balaban J connectivity index is 1.79. The number of nitrogens with two attached hydrogens (primary N) is 1. The van der Waals surface area contributed by atoms with Crippen molar-refractivity contribution < 1.29 is 38.9 Å². The van der Waals surface area contributed by atoms with Crippen molar-refractivity contribution in [3.8, 4) is 5.75 Å². The molecule has 0 radical (unpaired) electrons. The highest BCUT2D eigenvalue weighted by molar-refractivity contribution is 6.32. The number of hydrogen-bond donors (Lipinski definition) is 3. The number of carbonyl (C=O) groups is 5. The molecule has 0 aromatic heterocycles. The van der Waals surface area contributed by atoms with E-state index in [2.05, 4.69) is 4.90 Å². The van der Waals surface area contributed by atoms with E-state index >= 15 is 0 Å². The van der Waals surface area contributed by atoms with Crippen molar-refractivity contribution in [1.29, 1.82) is 0 Å². The molecule has 4 N–H and O–H groups in total. The lowest BCUT2D eigenvalue weighted by molar-refractivity contribution is -0.181. The topological polar surface area (TPSA) is 171 Å². The Bertz CT molecular complexity index is 1340. The maximum Gasteiger partial charge on any atom is 0.235 e. The zero-order chi connectivity index (χ0) is 32.1. The summed E-state index contributed by atoms with van der Waals surface area (Å²) in [7, 11) is 6.82. The van der Waals surface area contributed by atoms with Crippen LogP contribution in [0.25, 0.3) is 0 Å². The van der Waals surface area contributed by atoms with E-state index in [4.69, 9.17) is 10.5 Å². The summed E-state index contributed by atoms with van der Waals surface area (Å²) in [6.45, 7) is 8.38. The Kier molecular flexibility index (Phi) is 9.18. The number of rotatable bonds is 10. The number of fused-ring (bicyclic) bond motifs is 3. The van der Waals surface area contributed by atoms with Crippen molar-refractivity contribution in [1.82, 2.24) is 9.80 Å². The molecule has 1 amide bonds. The molecular formula is C31H44N4O8. The number of benzene rings is 1. The van der Waals surface area contributed by atoms with E-state index in [1.54, 1.807) is 20.2 Å². The number of anilines is 1. The zero-order valence-corrected chi connectivity index (χ0v) is 26.0. The van der Waals surface area contributed by atoms with Crippen LogP contribution in [0.4, 0.5) is 5.69 Å². The van der Waals surface area contributed by atoms with E-state index in [1.165, 1.54) is 4.90 Å². The lowest BCUT2D eigenvalue weighted by atomic mass is 9.52. The van der Waals surface area contributed by atoms with Crippen LogP contribution < -0.4 is 10.6 Å². The third-order valence-electron chi connectivity index (χ3n) is 9.26. The molecule has 2 fully saturated rings. The number of aliphatic hydroxyl groups is 1. The third-order valence-corrected chi connectivity index (χ3v) is 9.26. The van der Waals surface area contributed by atoms with Gasteiger partial charge >= 0.3 is 0 Å². The Morgan fingerprint density at radius 2 is 1.79 bits per heavy atom. The highest BCUT2D eigenvalue weighted by atomic mass is 16.5. The van der Waals surface area contributed by atoms with Gasteiger partial charge in [0, 0.05) is 38.8 Å². The van der Waals surface area contributed by atoms with Gasteiger partial charge in [-0.25, -0.2) is 0 Å². The maximum atomic E-state index is 14.1. The van der Waals surface area contributed by atoms with Crippen LogP contribution in [0.3, 0.4) is 0 Å². The second kappa shape index (κ2) is 12.1. The van der Waals surface area contributed by atoms with Crippen LogP contribution in [-0.2, 0) is 36.9 Å². The summed E-state index contributed by atoms with van der Waals surface area (Å²) >= 11 is 0. The van der Waals surface area contributed by atoms with E-state index < -0.39 is 64.4 Å². The fourth-order valence-electron chi connectivity index (χ4n) is 7.41. The van der Waals surface area contributed by atoms with Gasteiger partial charge in [-0.05, 0) is 70.4 Å². The van der Waals surface area contributed by atoms with Crippen molar-refractivity contribution in [2.45, 2.75) is 57.9 Å². The summed E-state index contributed by atoms with van der Waals surface area (Å²) in [5.41, 5.74) is 4.78. The fourth-order valence-corrected chi connectivity index (χ4v) is 7.41. The van der Waals surface area contributed by atoms with Crippen LogP contribution in [0, 0.1) is 23.7 Å². The number of nitrogens with zero attached hydrogens (tertiary/aromatic N) is 3. The van der Waals surface area contributed by atoms with Gasteiger partial charge < -0.3 is 25.6 Å². The van der Waals surface area contributed by atoms with E-state index in [0.717, 1.165) is 17.8 Å². The third kappa shape index (κ3) is 5.39. The standard InChI is InChI=1S/C31H44N4O8/c1-8-35(9-10-43-15(2)3)14-17-13-20(36)22-18(24(17)33(4)5)11-16-12-19-25(34(6)7)27(38)23(30(32)41)29(40)31(19,42)28(39)21(16)26(22)37/h13,15-16,19,21,23,25,36,42H,8-12,14H2,1-7H3,(H2,32,41)/t16-,19-,21?,23?,25-,31-/m0/s1. The lowest BCUT2D eigenvalue weighted by Crippen LogP contribution is -2.74. The Morgan fingerprint density at radius 3 is 2.33 bits per heavy atom. The van der Waals surface area contributed by atoms with Gasteiger partial charge in [0.15, 0.2) is 34.7 Å². The van der Waals surface area contributed by atoms with Crippen molar-refractivity contribution in [2.24, 2.45) is 29.4 Å². The molecule has 0 saturated heterocycles. The molecule has 43 heavy (non-hydrogen) atoms. The number of likely N-dealkylation sites (N-methyl/N-ethyl adjacent to an activating group) is 2. The number of phenolic OH excluding ortho intramolecular Hbond substituents is 1. The number of aromatic hydroxyl groups is 1. The summed E-state index contributed by atoms with van der Waals surface area (Å²) in [6.07, 6.45) is 0.320. The first kappa shape index (κ1) is 32.7. The van der Waals surface area contributed by atoms with Gasteiger partial charge in [0.25, 0.3) is 0 Å². The molecule has 2 unspecified atom stereocenters. The van der Waals surface area contributed by atoms with Gasteiger partial charge in [-0.3, -0.25) is 33.8 Å². The number of Topliss-reactive ketones (excluding diaryl/α,β-unsaturated/α-hetero) is 4. The van der Waals surface area contributed by atoms with Crippen molar-refractivity contribution in [2.75, 3.05) is 52.8 Å². The summed E-state index contributed by atoms with van der Waals surface area (Å²) < 4.78 is 5.72. The van der Waals surface area contributed by atoms with E-state index in [1.807, 2.05) is 39.8 Å². The summed E-state index contributed by atoms with van der Waals surface area (Å²) in [5, 5.41) is 23.0. The highest BCUT2D eigenvalue weighted by Crippen LogP contribution is 2.52. The quantitative estimate of drug-likeness (QED) is 0.313. The molecule has 1 aromatic carbocycles. The van der Waals surface area contributed by atoms with Gasteiger partial charge in [0.1, 0.15) is 5.75 Å². The SMILES string of the molecule is CCN(CCOC(C)C)Cc1cc(O)c2c(c1N(C)C)C[C@H]1C[C@H]3[C@H](N(C)C)C(=O)C(C(N)=O)C(=O)[C@@]3(O)C(=O)C1C2=O. The molecule has 6 atom stereocenters. The number of hydrogen-bond acceptors (Lipinski definition) is 11. The summed E-state index contributed by atoms with van der Waals surface area (Å²) in [4.78, 5) is 72.5. The minimum Gasteiger partial charge on any atom is -0.507 e. The van der Waals surface area contributed by atoms with Crippen molar-refractivity contribution in [3.05, 3.63) is 22.8 Å². The average molecular weight is 601 g/mol. The molecule has 3 aliphatic rings. The number of phenols is 1. The molecule has 2 saturated carbocycles. The molecule has 4 rings (SSSR count). The first-order valence-electron chi connectivity index (χ1n) is 14.8. The molecule has 0 spiro atoms. The first-order chi connectivity index (χ1) is 20.1. The second-order valence-corrected chi connectivity index (χ2v) is 12.7. The van der Waals surface area contributed by atoms with Crippen LogP contribution in [0.2, 0.25) is 0 Å². The summed E-state index contributed by atoms with van der Waals surface area (Å²) in [5.74, 6) is -10.5.